The van der Waals surface area contributed by atoms with E-state index in [1.165, 1.54) is 0 Å². The summed E-state index contributed by atoms with van der Waals surface area (Å²) in [5, 5.41) is 2.93. The molecule has 0 saturated carbocycles. The van der Waals surface area contributed by atoms with Crippen molar-refractivity contribution in [2.24, 2.45) is 11.8 Å². The highest BCUT2D eigenvalue weighted by Crippen LogP contribution is 2.18. The molecule has 1 aromatic heterocycles. The van der Waals surface area contributed by atoms with Crippen LogP contribution in [-0.4, -0.2) is 46.5 Å². The number of imidazole rings is 1. The Kier molecular flexibility index (Phi) is 8.09. The lowest BCUT2D eigenvalue weighted by atomic mass is 10.1. The quantitative estimate of drug-likeness (QED) is 0.504. The zero-order valence-corrected chi connectivity index (χ0v) is 20.2. The fourth-order valence-electron chi connectivity index (χ4n) is 3.86. The molecule has 1 heterocycles. The largest absolute Gasteiger partial charge is 0.497 e. The molecule has 0 spiro atoms. The molecule has 0 aliphatic rings. The second-order valence-corrected chi connectivity index (χ2v) is 9.10. The summed E-state index contributed by atoms with van der Waals surface area (Å²) in [6.45, 7) is 10.3. The molecule has 0 atom stereocenters. The summed E-state index contributed by atoms with van der Waals surface area (Å²) in [7, 11) is 1.57. The van der Waals surface area contributed by atoms with Crippen molar-refractivity contribution in [3.63, 3.8) is 0 Å². The topological polar surface area (TPSA) is 76.5 Å². The Hall–Kier alpha value is -3.35. The average Bonchev–Trinajstić information content (AvgIpc) is 3.13. The maximum Gasteiger partial charge on any atom is 0.251 e. The lowest BCUT2D eigenvalue weighted by Crippen LogP contribution is -2.39. The summed E-state index contributed by atoms with van der Waals surface area (Å²) in [6.07, 6.45) is 0. The normalized spacial score (nSPS) is 11.2. The van der Waals surface area contributed by atoms with Gasteiger partial charge in [-0.1, -0.05) is 45.9 Å². The Bertz CT molecular complexity index is 1090. The molecule has 0 unspecified atom stereocenters. The highest BCUT2D eigenvalue weighted by atomic mass is 16.5. The average molecular weight is 451 g/mol. The van der Waals surface area contributed by atoms with Gasteiger partial charge in [0, 0.05) is 18.7 Å². The Morgan fingerprint density at radius 2 is 1.73 bits per heavy atom. The van der Waals surface area contributed by atoms with Gasteiger partial charge in [0.25, 0.3) is 5.91 Å². The first kappa shape index (κ1) is 24.3. The number of hydrogen-bond acceptors (Lipinski definition) is 4. The first-order valence-corrected chi connectivity index (χ1v) is 11.4. The van der Waals surface area contributed by atoms with Gasteiger partial charge < -0.3 is 19.5 Å². The molecule has 3 aromatic rings. The first-order valence-electron chi connectivity index (χ1n) is 11.4. The monoisotopic (exact) mass is 450 g/mol. The molecular weight excluding hydrogens is 416 g/mol. The summed E-state index contributed by atoms with van der Waals surface area (Å²) in [5.74, 6) is 1.87. The number of aromatic nitrogens is 2. The minimum Gasteiger partial charge on any atom is -0.497 e. The molecule has 3 rings (SSSR count). The molecule has 0 saturated heterocycles. The Morgan fingerprint density at radius 3 is 2.39 bits per heavy atom. The van der Waals surface area contributed by atoms with E-state index >= 15 is 0 Å². The van der Waals surface area contributed by atoms with Crippen LogP contribution in [-0.2, 0) is 17.9 Å². The third kappa shape index (κ3) is 6.34. The summed E-state index contributed by atoms with van der Waals surface area (Å²) >= 11 is 0. The standard InChI is InChI=1S/C26H34N4O3/c1-18(2)15-29(16-19(3)4)25(31)17-30-23-12-7-6-11-22(23)28-24(30)14-27-26(32)20-9-8-10-21(13-20)33-5/h6-13,18-19H,14-17H2,1-5H3,(H,27,32). The van der Waals surface area contributed by atoms with Crippen LogP contribution in [0.2, 0.25) is 0 Å². The smallest absolute Gasteiger partial charge is 0.251 e. The fraction of sp³-hybridized carbons (Fsp3) is 0.423. The van der Waals surface area contributed by atoms with E-state index in [0.29, 0.717) is 42.1 Å². The van der Waals surface area contributed by atoms with Gasteiger partial charge >= 0.3 is 0 Å². The third-order valence-corrected chi connectivity index (χ3v) is 5.29. The molecule has 7 heteroatoms. The number of nitrogens with zero attached hydrogens (tertiary/aromatic N) is 3. The van der Waals surface area contributed by atoms with Crippen LogP contribution >= 0.6 is 0 Å². The second kappa shape index (κ2) is 11.0. The second-order valence-electron chi connectivity index (χ2n) is 9.10. The minimum atomic E-state index is -0.222. The molecule has 176 valence electrons. The number of carbonyl (C=O) groups is 2. The van der Waals surface area contributed by atoms with Crippen molar-refractivity contribution in [3.05, 3.63) is 59.9 Å². The van der Waals surface area contributed by atoms with Crippen LogP contribution in [0, 0.1) is 11.8 Å². The van der Waals surface area contributed by atoms with E-state index in [0.717, 1.165) is 11.0 Å². The van der Waals surface area contributed by atoms with Crippen molar-refractivity contribution < 1.29 is 14.3 Å². The molecule has 1 N–H and O–H groups in total. The fourth-order valence-corrected chi connectivity index (χ4v) is 3.86. The predicted molar refractivity (Wildman–Crippen MR) is 130 cm³/mol. The van der Waals surface area contributed by atoms with Gasteiger partial charge in [0.1, 0.15) is 18.1 Å². The number of ether oxygens (including phenoxy) is 1. The lowest BCUT2D eigenvalue weighted by molar-refractivity contribution is -0.132. The lowest BCUT2D eigenvalue weighted by Gasteiger charge is -2.27. The van der Waals surface area contributed by atoms with Gasteiger partial charge in [-0.3, -0.25) is 9.59 Å². The van der Waals surface area contributed by atoms with E-state index in [2.05, 4.69) is 33.0 Å². The van der Waals surface area contributed by atoms with Gasteiger partial charge in [-0.05, 0) is 42.2 Å². The van der Waals surface area contributed by atoms with Gasteiger partial charge in [0.05, 0.1) is 24.7 Å². The highest BCUT2D eigenvalue weighted by Gasteiger charge is 2.20. The number of hydrogen-bond donors (Lipinski definition) is 1. The molecule has 0 aliphatic carbocycles. The van der Waals surface area contributed by atoms with Crippen LogP contribution in [0.4, 0.5) is 0 Å². The Balaban J connectivity index is 1.83. The van der Waals surface area contributed by atoms with Crippen LogP contribution in [0.15, 0.2) is 48.5 Å². The van der Waals surface area contributed by atoms with Crippen LogP contribution in [0.25, 0.3) is 11.0 Å². The minimum absolute atomic E-state index is 0.0564. The van der Waals surface area contributed by atoms with Gasteiger partial charge in [-0.25, -0.2) is 4.98 Å². The first-order chi connectivity index (χ1) is 15.8. The number of carbonyl (C=O) groups excluding carboxylic acids is 2. The molecule has 0 aliphatic heterocycles. The number of benzene rings is 2. The number of para-hydroxylation sites is 2. The van der Waals surface area contributed by atoms with Gasteiger partial charge in [-0.2, -0.15) is 0 Å². The summed E-state index contributed by atoms with van der Waals surface area (Å²) in [4.78, 5) is 32.6. The maximum absolute atomic E-state index is 13.3. The van der Waals surface area contributed by atoms with E-state index in [4.69, 9.17) is 9.72 Å². The van der Waals surface area contributed by atoms with Crippen molar-refractivity contribution >= 4 is 22.8 Å². The summed E-state index contributed by atoms with van der Waals surface area (Å²) in [6, 6.07) is 14.7. The zero-order chi connectivity index (χ0) is 24.0. The van der Waals surface area contributed by atoms with E-state index in [1.54, 1.807) is 31.4 Å². The third-order valence-electron chi connectivity index (χ3n) is 5.29. The van der Waals surface area contributed by atoms with Crippen molar-refractivity contribution in [2.45, 2.75) is 40.8 Å². The number of methoxy groups -OCH3 is 1. The van der Waals surface area contributed by atoms with Crippen molar-refractivity contribution in [1.82, 2.24) is 19.8 Å². The van der Waals surface area contributed by atoms with Gasteiger partial charge in [-0.15, -0.1) is 0 Å². The molecule has 2 amide bonds. The number of amides is 2. The van der Waals surface area contributed by atoms with E-state index < -0.39 is 0 Å². The number of fused-ring (bicyclic) bond motifs is 1. The van der Waals surface area contributed by atoms with Gasteiger partial charge in [0.2, 0.25) is 5.91 Å². The van der Waals surface area contributed by atoms with Crippen molar-refractivity contribution in [1.29, 1.82) is 0 Å². The SMILES string of the molecule is COc1cccc(C(=O)NCc2nc3ccccc3n2CC(=O)N(CC(C)C)CC(C)C)c1. The molecule has 0 radical (unpaired) electrons. The molecule has 0 bridgehead atoms. The molecule has 2 aromatic carbocycles. The van der Waals surface area contributed by atoms with Crippen LogP contribution in [0.5, 0.6) is 5.75 Å². The van der Waals surface area contributed by atoms with Crippen LogP contribution < -0.4 is 10.1 Å². The van der Waals surface area contributed by atoms with E-state index in [1.807, 2.05) is 33.7 Å². The van der Waals surface area contributed by atoms with E-state index in [9.17, 15) is 9.59 Å². The van der Waals surface area contributed by atoms with Crippen molar-refractivity contribution in [3.8, 4) is 5.75 Å². The highest BCUT2D eigenvalue weighted by molar-refractivity contribution is 5.94. The van der Waals surface area contributed by atoms with Gasteiger partial charge in [0.15, 0.2) is 0 Å². The van der Waals surface area contributed by atoms with Crippen LogP contribution in [0.3, 0.4) is 0 Å². The zero-order valence-electron chi connectivity index (χ0n) is 20.2. The Labute approximate surface area is 195 Å². The predicted octanol–water partition coefficient (Wildman–Crippen LogP) is 4.12. The molecule has 0 fully saturated rings. The maximum atomic E-state index is 13.3. The summed E-state index contributed by atoms with van der Waals surface area (Å²) < 4.78 is 7.12. The molecule has 7 nitrogen and oxygen atoms in total. The molecule has 33 heavy (non-hydrogen) atoms. The molecular formula is C26H34N4O3. The number of rotatable bonds is 10. The Morgan fingerprint density at radius 1 is 1.03 bits per heavy atom. The van der Waals surface area contributed by atoms with E-state index in [-0.39, 0.29) is 24.9 Å². The summed E-state index contributed by atoms with van der Waals surface area (Å²) in [5.41, 5.74) is 2.19. The van der Waals surface area contributed by atoms with Crippen molar-refractivity contribution in [2.75, 3.05) is 20.2 Å². The number of nitrogens with one attached hydrogen (secondary N) is 1. The van der Waals surface area contributed by atoms with Crippen LogP contribution in [0.1, 0.15) is 43.9 Å².